The van der Waals surface area contributed by atoms with Crippen LogP contribution in [0.2, 0.25) is 0 Å². The summed E-state index contributed by atoms with van der Waals surface area (Å²) in [5.41, 5.74) is -0.550. The molecule has 0 bridgehead atoms. The summed E-state index contributed by atoms with van der Waals surface area (Å²) in [5, 5.41) is 13.3. The van der Waals surface area contributed by atoms with E-state index in [9.17, 15) is 5.11 Å². The van der Waals surface area contributed by atoms with E-state index in [0.29, 0.717) is 6.54 Å². The Morgan fingerprint density at radius 3 is 2.60 bits per heavy atom. The van der Waals surface area contributed by atoms with Gasteiger partial charge in [-0.25, -0.2) is 4.98 Å². The first-order valence-corrected chi connectivity index (χ1v) is 6.27. The number of aliphatic hydroxyl groups is 1. The molecule has 0 unspecified atom stereocenters. The molecular formula is C11H20N2OS. The molecule has 0 aromatic carbocycles. The molecule has 1 N–H and O–H groups in total. The van der Waals surface area contributed by atoms with Crippen LogP contribution < -0.4 is 0 Å². The predicted molar refractivity (Wildman–Crippen MR) is 64.0 cm³/mol. The molecule has 15 heavy (non-hydrogen) atoms. The van der Waals surface area contributed by atoms with E-state index < -0.39 is 5.60 Å². The molecule has 0 saturated carbocycles. The summed E-state index contributed by atoms with van der Waals surface area (Å²) < 4.78 is 0. The van der Waals surface area contributed by atoms with Crippen LogP contribution in [0.15, 0.2) is 11.6 Å². The minimum absolute atomic E-state index is 0.550. The summed E-state index contributed by atoms with van der Waals surface area (Å²) in [6.45, 7) is 5.58. The molecule has 0 atom stereocenters. The van der Waals surface area contributed by atoms with E-state index in [4.69, 9.17) is 0 Å². The monoisotopic (exact) mass is 228 g/mol. The lowest BCUT2D eigenvalue weighted by Gasteiger charge is -2.30. The summed E-state index contributed by atoms with van der Waals surface area (Å²) in [4.78, 5) is 6.36. The fourth-order valence-electron chi connectivity index (χ4n) is 1.59. The fraction of sp³-hybridized carbons (Fsp3) is 0.727. The molecule has 0 aliphatic heterocycles. The normalized spacial score (nSPS) is 12.3. The number of nitrogens with zero attached hydrogens (tertiary/aromatic N) is 2. The van der Waals surface area contributed by atoms with E-state index in [0.717, 1.165) is 24.4 Å². The minimum atomic E-state index is -0.550. The van der Waals surface area contributed by atoms with Crippen molar-refractivity contribution in [3.05, 3.63) is 16.6 Å². The van der Waals surface area contributed by atoms with Crippen LogP contribution in [0.4, 0.5) is 0 Å². The molecule has 0 spiro atoms. The Labute approximate surface area is 95.8 Å². The average Bonchev–Trinajstić information content (AvgIpc) is 2.70. The lowest BCUT2D eigenvalue weighted by Crippen LogP contribution is -2.40. The molecule has 1 rings (SSSR count). The first kappa shape index (κ1) is 12.6. The second-order valence-corrected chi connectivity index (χ2v) is 5.01. The van der Waals surface area contributed by atoms with E-state index in [2.05, 4.69) is 9.88 Å². The van der Waals surface area contributed by atoms with Crippen molar-refractivity contribution in [2.75, 3.05) is 13.6 Å². The van der Waals surface area contributed by atoms with Crippen molar-refractivity contribution >= 4 is 11.3 Å². The van der Waals surface area contributed by atoms with Crippen LogP contribution in [-0.4, -0.2) is 34.2 Å². The van der Waals surface area contributed by atoms with E-state index in [1.54, 1.807) is 11.3 Å². The van der Waals surface area contributed by atoms with Gasteiger partial charge in [-0.05, 0) is 19.9 Å². The number of hydrogen-bond donors (Lipinski definition) is 1. The Hall–Kier alpha value is -0.450. The highest BCUT2D eigenvalue weighted by Gasteiger charge is 2.24. The molecule has 0 fully saturated rings. The first-order chi connectivity index (χ1) is 7.09. The summed E-state index contributed by atoms with van der Waals surface area (Å²) in [6, 6.07) is 0. The molecule has 0 radical (unpaired) electrons. The third kappa shape index (κ3) is 3.89. The third-order valence-electron chi connectivity index (χ3n) is 2.77. The summed E-state index contributed by atoms with van der Waals surface area (Å²) in [6.07, 6.45) is 3.41. The highest BCUT2D eigenvalue weighted by molar-refractivity contribution is 7.09. The Balaban J connectivity index is 2.44. The number of thiazole rings is 1. The maximum atomic E-state index is 10.2. The van der Waals surface area contributed by atoms with Gasteiger partial charge < -0.3 is 5.11 Å². The average molecular weight is 228 g/mol. The maximum Gasteiger partial charge on any atom is 0.107 e. The van der Waals surface area contributed by atoms with Gasteiger partial charge in [0.05, 0.1) is 12.1 Å². The van der Waals surface area contributed by atoms with Crippen LogP contribution in [0.3, 0.4) is 0 Å². The Morgan fingerprint density at radius 2 is 2.13 bits per heavy atom. The molecule has 4 heteroatoms. The van der Waals surface area contributed by atoms with Crippen molar-refractivity contribution in [2.45, 2.75) is 38.8 Å². The summed E-state index contributed by atoms with van der Waals surface area (Å²) >= 11 is 1.66. The van der Waals surface area contributed by atoms with Crippen LogP contribution in [0, 0.1) is 0 Å². The molecule has 1 heterocycles. The highest BCUT2D eigenvalue weighted by Crippen LogP contribution is 2.17. The lowest BCUT2D eigenvalue weighted by atomic mass is 9.97. The number of aromatic nitrogens is 1. The summed E-state index contributed by atoms with van der Waals surface area (Å²) in [5.74, 6) is 0. The van der Waals surface area contributed by atoms with E-state index in [1.165, 1.54) is 0 Å². The van der Waals surface area contributed by atoms with Gasteiger partial charge in [0.2, 0.25) is 0 Å². The van der Waals surface area contributed by atoms with Crippen LogP contribution >= 0.6 is 11.3 Å². The number of hydrogen-bond acceptors (Lipinski definition) is 4. The second-order valence-electron chi connectivity index (χ2n) is 4.03. The van der Waals surface area contributed by atoms with Crippen molar-refractivity contribution in [2.24, 2.45) is 0 Å². The van der Waals surface area contributed by atoms with E-state index >= 15 is 0 Å². The van der Waals surface area contributed by atoms with Crippen LogP contribution in [0.5, 0.6) is 0 Å². The van der Waals surface area contributed by atoms with Crippen LogP contribution in [0.25, 0.3) is 0 Å². The largest absolute Gasteiger partial charge is 0.389 e. The highest BCUT2D eigenvalue weighted by atomic mass is 32.1. The van der Waals surface area contributed by atoms with Crippen molar-refractivity contribution < 1.29 is 5.11 Å². The first-order valence-electron chi connectivity index (χ1n) is 5.39. The van der Waals surface area contributed by atoms with Crippen LogP contribution in [-0.2, 0) is 6.54 Å². The third-order valence-corrected chi connectivity index (χ3v) is 3.53. The summed E-state index contributed by atoms with van der Waals surface area (Å²) in [7, 11) is 2.03. The lowest BCUT2D eigenvalue weighted by molar-refractivity contribution is 0.00130. The molecule has 1 aromatic heterocycles. The van der Waals surface area contributed by atoms with Gasteiger partial charge in [0.1, 0.15) is 5.01 Å². The van der Waals surface area contributed by atoms with Gasteiger partial charge in [-0.15, -0.1) is 11.3 Å². The topological polar surface area (TPSA) is 36.4 Å². The van der Waals surface area contributed by atoms with Gasteiger partial charge in [-0.1, -0.05) is 13.8 Å². The molecule has 0 aliphatic rings. The zero-order chi connectivity index (χ0) is 11.3. The zero-order valence-electron chi connectivity index (χ0n) is 9.73. The van der Waals surface area contributed by atoms with Gasteiger partial charge in [-0.3, -0.25) is 4.90 Å². The van der Waals surface area contributed by atoms with E-state index in [-0.39, 0.29) is 0 Å². The smallest absolute Gasteiger partial charge is 0.107 e. The molecule has 86 valence electrons. The van der Waals surface area contributed by atoms with Crippen molar-refractivity contribution in [3.8, 4) is 0 Å². The van der Waals surface area contributed by atoms with Crippen molar-refractivity contribution in [1.29, 1.82) is 0 Å². The standard InChI is InChI=1S/C11H20N2OS/c1-4-11(14,5-2)9-13(3)8-10-12-6-7-15-10/h6-7,14H,4-5,8-9H2,1-3H3. The Bertz CT molecular complexity index is 270. The molecule has 1 aromatic rings. The molecular weight excluding hydrogens is 208 g/mol. The van der Waals surface area contributed by atoms with Gasteiger partial charge in [0.25, 0.3) is 0 Å². The van der Waals surface area contributed by atoms with Gasteiger partial charge in [0.15, 0.2) is 0 Å². The minimum Gasteiger partial charge on any atom is -0.389 e. The number of rotatable bonds is 6. The van der Waals surface area contributed by atoms with Gasteiger partial charge in [-0.2, -0.15) is 0 Å². The molecule has 3 nitrogen and oxygen atoms in total. The maximum absolute atomic E-state index is 10.2. The van der Waals surface area contributed by atoms with Gasteiger partial charge in [0, 0.05) is 18.1 Å². The van der Waals surface area contributed by atoms with Crippen molar-refractivity contribution in [1.82, 2.24) is 9.88 Å². The van der Waals surface area contributed by atoms with E-state index in [1.807, 2.05) is 32.5 Å². The zero-order valence-corrected chi connectivity index (χ0v) is 10.5. The Morgan fingerprint density at radius 1 is 1.47 bits per heavy atom. The van der Waals surface area contributed by atoms with Gasteiger partial charge >= 0.3 is 0 Å². The quantitative estimate of drug-likeness (QED) is 0.810. The molecule has 0 aliphatic carbocycles. The second kappa shape index (κ2) is 5.58. The SMILES string of the molecule is CCC(O)(CC)CN(C)Cc1nccs1. The fourth-order valence-corrected chi connectivity index (χ4v) is 2.29. The molecule has 0 saturated heterocycles. The molecule has 0 amide bonds. The Kier molecular flexibility index (Phi) is 4.70. The number of likely N-dealkylation sites (N-methyl/N-ethyl adjacent to an activating group) is 1. The van der Waals surface area contributed by atoms with Crippen LogP contribution in [0.1, 0.15) is 31.7 Å². The van der Waals surface area contributed by atoms with Crippen molar-refractivity contribution in [3.63, 3.8) is 0 Å². The predicted octanol–water partition coefficient (Wildman–Crippen LogP) is 2.13.